The van der Waals surface area contributed by atoms with Gasteiger partial charge in [0.2, 0.25) is 0 Å². The van der Waals surface area contributed by atoms with Crippen molar-refractivity contribution in [3.05, 3.63) is 39.5 Å². The van der Waals surface area contributed by atoms with Gasteiger partial charge in [-0.15, -0.1) is 11.3 Å². The number of fused-ring (bicyclic) bond motifs is 2. The molecule has 0 bridgehead atoms. The summed E-state index contributed by atoms with van der Waals surface area (Å²) < 4.78 is 7.15. The van der Waals surface area contributed by atoms with Gasteiger partial charge in [0.05, 0.1) is 22.9 Å². The molecule has 0 saturated heterocycles. The lowest BCUT2D eigenvalue weighted by Crippen LogP contribution is -2.18. The number of aryl methyl sites for hydroxylation is 3. The summed E-state index contributed by atoms with van der Waals surface area (Å²) in [5.74, 6) is -0.661. The highest BCUT2D eigenvalue weighted by Crippen LogP contribution is 2.39. The Morgan fingerprint density at radius 3 is 2.79 bits per heavy atom. The van der Waals surface area contributed by atoms with Crippen LogP contribution in [0, 0.1) is 6.92 Å². The van der Waals surface area contributed by atoms with Crippen LogP contribution >= 0.6 is 11.3 Å². The number of thiophene rings is 1. The lowest BCUT2D eigenvalue weighted by Gasteiger charge is -2.14. The summed E-state index contributed by atoms with van der Waals surface area (Å²) in [6, 6.07) is 1.79. The van der Waals surface area contributed by atoms with Crippen LogP contribution in [-0.2, 0) is 24.6 Å². The molecule has 3 aromatic rings. The van der Waals surface area contributed by atoms with Gasteiger partial charge >= 0.3 is 5.97 Å². The minimum absolute atomic E-state index is 0.217. The molecule has 0 atom stereocenters. The van der Waals surface area contributed by atoms with Gasteiger partial charge < -0.3 is 10.1 Å². The maximum absolute atomic E-state index is 13.0. The summed E-state index contributed by atoms with van der Waals surface area (Å²) in [5.41, 5.74) is 3.52. The quantitative estimate of drug-likeness (QED) is 0.654. The van der Waals surface area contributed by atoms with E-state index in [0.29, 0.717) is 16.1 Å². The molecule has 0 spiro atoms. The lowest BCUT2D eigenvalue weighted by atomic mass is 9.95. The van der Waals surface area contributed by atoms with Gasteiger partial charge in [0, 0.05) is 23.5 Å². The van der Waals surface area contributed by atoms with E-state index in [1.807, 2.05) is 27.8 Å². The molecule has 1 amide bonds. The number of aromatic nitrogens is 3. The van der Waals surface area contributed by atoms with Crippen LogP contribution in [-0.4, -0.2) is 32.7 Å². The number of ether oxygens (including phenoxy) is 1. The molecule has 29 heavy (non-hydrogen) atoms. The molecular formula is C21H24N4O3S. The first-order valence-electron chi connectivity index (χ1n) is 9.81. The first kappa shape index (κ1) is 19.6. The molecule has 3 aromatic heterocycles. The molecule has 0 saturated carbocycles. The Balaban J connectivity index is 1.68. The van der Waals surface area contributed by atoms with Crippen LogP contribution in [0.3, 0.4) is 0 Å². The van der Waals surface area contributed by atoms with Crippen LogP contribution in [0.4, 0.5) is 5.00 Å². The van der Waals surface area contributed by atoms with E-state index in [1.54, 1.807) is 16.9 Å². The van der Waals surface area contributed by atoms with Gasteiger partial charge in [-0.2, -0.15) is 5.10 Å². The second-order valence-electron chi connectivity index (χ2n) is 7.63. The number of esters is 1. The summed E-state index contributed by atoms with van der Waals surface area (Å²) in [6.45, 7) is 5.54. The number of carbonyl (C=O) groups is 2. The Kier molecular flexibility index (Phi) is 5.12. The average molecular weight is 413 g/mol. The summed E-state index contributed by atoms with van der Waals surface area (Å²) in [5, 5.41) is 8.69. The number of carbonyl (C=O) groups excluding carboxylic acids is 2. The molecule has 7 nitrogen and oxygen atoms in total. The van der Waals surface area contributed by atoms with Gasteiger partial charge in [0.25, 0.3) is 5.91 Å². The van der Waals surface area contributed by atoms with Gasteiger partial charge in [-0.05, 0) is 58.1 Å². The van der Waals surface area contributed by atoms with E-state index >= 15 is 0 Å². The van der Waals surface area contributed by atoms with Crippen LogP contribution in [0.2, 0.25) is 0 Å². The molecule has 3 heterocycles. The van der Waals surface area contributed by atoms with Crippen molar-refractivity contribution < 1.29 is 14.3 Å². The van der Waals surface area contributed by atoms with Crippen molar-refractivity contribution in [1.29, 1.82) is 0 Å². The SMILES string of the molecule is Cc1nn(C)c2ncc(C(=O)Nc3sc4c(c3C(=O)OC(C)C)CCCC4)cc12. The maximum atomic E-state index is 13.0. The Bertz CT molecular complexity index is 1110. The molecular weight excluding hydrogens is 388 g/mol. The summed E-state index contributed by atoms with van der Waals surface area (Å²) >= 11 is 1.48. The summed E-state index contributed by atoms with van der Waals surface area (Å²) in [6.07, 6.45) is 5.23. The highest BCUT2D eigenvalue weighted by atomic mass is 32.1. The zero-order valence-corrected chi connectivity index (χ0v) is 17.9. The predicted octanol–water partition coefficient (Wildman–Crippen LogP) is 4.03. The molecule has 1 aliphatic carbocycles. The highest BCUT2D eigenvalue weighted by molar-refractivity contribution is 7.17. The molecule has 4 rings (SSSR count). The average Bonchev–Trinajstić information content (AvgIpc) is 3.17. The number of pyridine rings is 1. The number of hydrogen-bond donors (Lipinski definition) is 1. The minimum atomic E-state index is -0.369. The van der Waals surface area contributed by atoms with Crippen molar-refractivity contribution in [1.82, 2.24) is 14.8 Å². The van der Waals surface area contributed by atoms with E-state index in [4.69, 9.17) is 4.74 Å². The third kappa shape index (κ3) is 3.64. The van der Waals surface area contributed by atoms with Crippen LogP contribution in [0.25, 0.3) is 11.0 Å². The summed E-state index contributed by atoms with van der Waals surface area (Å²) in [7, 11) is 1.82. The van der Waals surface area contributed by atoms with Crippen molar-refractivity contribution in [3.63, 3.8) is 0 Å². The molecule has 0 fully saturated rings. The van der Waals surface area contributed by atoms with Crippen molar-refractivity contribution in [3.8, 4) is 0 Å². The van der Waals surface area contributed by atoms with Gasteiger partial charge in [0.15, 0.2) is 5.65 Å². The lowest BCUT2D eigenvalue weighted by molar-refractivity contribution is 0.0378. The molecule has 0 radical (unpaired) electrons. The van der Waals surface area contributed by atoms with Crippen molar-refractivity contribution in [2.45, 2.75) is 52.6 Å². The van der Waals surface area contributed by atoms with E-state index in [1.165, 1.54) is 16.2 Å². The molecule has 0 aromatic carbocycles. The Morgan fingerprint density at radius 2 is 2.03 bits per heavy atom. The fourth-order valence-corrected chi connectivity index (χ4v) is 5.02. The highest BCUT2D eigenvalue weighted by Gasteiger charge is 2.28. The van der Waals surface area contributed by atoms with Gasteiger partial charge in [-0.1, -0.05) is 0 Å². The molecule has 0 aliphatic heterocycles. The number of hydrogen-bond acceptors (Lipinski definition) is 6. The maximum Gasteiger partial charge on any atom is 0.341 e. The molecule has 152 valence electrons. The predicted molar refractivity (Wildman–Crippen MR) is 113 cm³/mol. The Morgan fingerprint density at radius 1 is 1.28 bits per heavy atom. The van der Waals surface area contributed by atoms with E-state index in [-0.39, 0.29) is 18.0 Å². The molecule has 1 N–H and O–H groups in total. The molecule has 8 heteroatoms. The van der Waals surface area contributed by atoms with Gasteiger partial charge in [0.1, 0.15) is 5.00 Å². The number of nitrogens with one attached hydrogen (secondary N) is 1. The summed E-state index contributed by atoms with van der Waals surface area (Å²) in [4.78, 5) is 31.3. The van der Waals surface area contributed by atoms with Crippen LogP contribution in [0.1, 0.15) is 63.5 Å². The second kappa shape index (κ2) is 7.59. The molecule has 1 aliphatic rings. The van der Waals surface area contributed by atoms with E-state index in [0.717, 1.165) is 48.0 Å². The first-order chi connectivity index (χ1) is 13.8. The monoisotopic (exact) mass is 412 g/mol. The van der Waals surface area contributed by atoms with Crippen molar-refractivity contribution in [2.24, 2.45) is 7.05 Å². The number of nitrogens with zero attached hydrogens (tertiary/aromatic N) is 3. The number of rotatable bonds is 4. The van der Waals surface area contributed by atoms with Crippen LogP contribution < -0.4 is 5.32 Å². The standard InChI is InChI=1S/C21H24N4O3S/c1-11(2)28-21(27)17-14-7-5-6-8-16(14)29-20(17)23-19(26)13-9-15-12(3)24-25(4)18(15)22-10-13/h9-11H,5-8H2,1-4H3,(H,23,26). The number of anilines is 1. The topological polar surface area (TPSA) is 86.1 Å². The smallest absolute Gasteiger partial charge is 0.341 e. The third-order valence-corrected chi connectivity index (χ3v) is 6.28. The zero-order valence-electron chi connectivity index (χ0n) is 17.0. The number of amides is 1. The first-order valence-corrected chi connectivity index (χ1v) is 10.6. The van der Waals surface area contributed by atoms with Gasteiger partial charge in [-0.25, -0.2) is 9.78 Å². The van der Waals surface area contributed by atoms with Crippen molar-refractivity contribution in [2.75, 3.05) is 5.32 Å². The zero-order chi connectivity index (χ0) is 20.7. The second-order valence-corrected chi connectivity index (χ2v) is 8.73. The van der Waals surface area contributed by atoms with E-state index < -0.39 is 0 Å². The largest absolute Gasteiger partial charge is 0.459 e. The fourth-order valence-electron chi connectivity index (χ4n) is 3.75. The van der Waals surface area contributed by atoms with E-state index in [9.17, 15) is 9.59 Å². The van der Waals surface area contributed by atoms with Crippen LogP contribution in [0.15, 0.2) is 12.3 Å². The third-order valence-electron chi connectivity index (χ3n) is 5.07. The Labute approximate surface area is 173 Å². The minimum Gasteiger partial charge on any atom is -0.459 e. The normalized spacial score (nSPS) is 13.6. The molecule has 0 unspecified atom stereocenters. The van der Waals surface area contributed by atoms with E-state index in [2.05, 4.69) is 15.4 Å². The fraction of sp³-hybridized carbons (Fsp3) is 0.429. The van der Waals surface area contributed by atoms with Crippen molar-refractivity contribution >= 4 is 39.2 Å². The van der Waals surface area contributed by atoms with Gasteiger partial charge in [-0.3, -0.25) is 9.48 Å². The van der Waals surface area contributed by atoms with Crippen LogP contribution in [0.5, 0.6) is 0 Å². The Hall–Kier alpha value is -2.74.